The molecule has 0 radical (unpaired) electrons. The van der Waals surface area contributed by atoms with E-state index in [-0.39, 0.29) is 36.5 Å². The summed E-state index contributed by atoms with van der Waals surface area (Å²) in [4.78, 5) is 23.2. The Morgan fingerprint density at radius 2 is 1.50 bits per heavy atom. The number of nitrogens with one attached hydrogen (secondary N) is 3. The lowest BCUT2D eigenvalue weighted by Gasteiger charge is -2.19. The molecular weight excluding hydrogens is 230 g/mol. The van der Waals surface area contributed by atoms with Crippen molar-refractivity contribution in [3.05, 3.63) is 0 Å². The first-order chi connectivity index (χ1) is 8.23. The van der Waals surface area contributed by atoms with Gasteiger partial charge in [-0.05, 0) is 33.6 Å². The van der Waals surface area contributed by atoms with Gasteiger partial charge in [0.25, 0.3) is 0 Å². The summed E-state index contributed by atoms with van der Waals surface area (Å²) in [5.74, 6) is 0.228. The zero-order valence-electron chi connectivity index (χ0n) is 12.3. The SMILES string of the molecule is CC(C)NC(=O)C(C)NCC(=O)NC(C)C(C)C. The van der Waals surface area contributed by atoms with Crippen LogP contribution in [-0.2, 0) is 9.59 Å². The van der Waals surface area contributed by atoms with Crippen molar-refractivity contribution >= 4 is 11.8 Å². The second-order valence-corrected chi connectivity index (χ2v) is 5.37. The highest BCUT2D eigenvalue weighted by Gasteiger charge is 2.15. The normalized spacial score (nSPS) is 14.4. The highest BCUT2D eigenvalue weighted by atomic mass is 16.2. The van der Waals surface area contributed by atoms with E-state index in [0.717, 1.165) is 0 Å². The van der Waals surface area contributed by atoms with Crippen LogP contribution in [0, 0.1) is 5.92 Å². The molecule has 0 rings (SSSR count). The minimum atomic E-state index is -0.368. The van der Waals surface area contributed by atoms with E-state index in [2.05, 4.69) is 29.8 Å². The van der Waals surface area contributed by atoms with E-state index in [1.54, 1.807) is 6.92 Å². The molecule has 2 unspecified atom stereocenters. The maximum atomic E-state index is 11.6. The molecule has 0 spiro atoms. The van der Waals surface area contributed by atoms with Gasteiger partial charge in [0.2, 0.25) is 11.8 Å². The molecule has 0 aromatic heterocycles. The van der Waals surface area contributed by atoms with E-state index in [0.29, 0.717) is 5.92 Å². The lowest BCUT2D eigenvalue weighted by Crippen LogP contribution is -2.49. The first kappa shape index (κ1) is 16.9. The maximum Gasteiger partial charge on any atom is 0.237 e. The van der Waals surface area contributed by atoms with Gasteiger partial charge in [0.15, 0.2) is 0 Å². The van der Waals surface area contributed by atoms with Crippen LogP contribution in [0.15, 0.2) is 0 Å². The van der Waals surface area contributed by atoms with Crippen molar-refractivity contribution in [1.82, 2.24) is 16.0 Å². The summed E-state index contributed by atoms with van der Waals surface area (Å²) in [6, 6.07) is -0.122. The molecule has 0 aliphatic rings. The summed E-state index contributed by atoms with van der Waals surface area (Å²) in [5, 5.41) is 8.58. The Kier molecular flexibility index (Phi) is 7.59. The van der Waals surface area contributed by atoms with Gasteiger partial charge in [0.1, 0.15) is 0 Å². The Balaban J connectivity index is 3.95. The molecule has 2 amide bonds. The van der Waals surface area contributed by atoms with E-state index in [4.69, 9.17) is 0 Å². The van der Waals surface area contributed by atoms with Crippen molar-refractivity contribution in [1.29, 1.82) is 0 Å². The summed E-state index contributed by atoms with van der Waals surface area (Å²) >= 11 is 0. The van der Waals surface area contributed by atoms with Crippen molar-refractivity contribution in [3.63, 3.8) is 0 Å². The van der Waals surface area contributed by atoms with Crippen LogP contribution in [-0.4, -0.2) is 36.5 Å². The number of amides is 2. The fourth-order valence-corrected chi connectivity index (χ4v) is 1.22. The molecule has 0 bridgehead atoms. The summed E-state index contributed by atoms with van der Waals surface area (Å²) in [7, 11) is 0. The van der Waals surface area contributed by atoms with E-state index in [1.165, 1.54) is 0 Å². The zero-order valence-corrected chi connectivity index (χ0v) is 12.3. The van der Waals surface area contributed by atoms with Crippen molar-refractivity contribution in [3.8, 4) is 0 Å². The third-order valence-corrected chi connectivity index (χ3v) is 2.78. The number of hydrogen-bond acceptors (Lipinski definition) is 3. The summed E-state index contributed by atoms with van der Waals surface area (Å²) in [6.07, 6.45) is 0. The highest BCUT2D eigenvalue weighted by molar-refractivity contribution is 5.83. The van der Waals surface area contributed by atoms with Crippen LogP contribution in [0.3, 0.4) is 0 Å². The largest absolute Gasteiger partial charge is 0.353 e. The minimum Gasteiger partial charge on any atom is -0.353 e. The average Bonchev–Trinajstić information content (AvgIpc) is 2.24. The summed E-state index contributed by atoms with van der Waals surface area (Å²) in [5.41, 5.74) is 0. The lowest BCUT2D eigenvalue weighted by molar-refractivity contribution is -0.124. The van der Waals surface area contributed by atoms with Crippen LogP contribution < -0.4 is 16.0 Å². The molecule has 5 heteroatoms. The van der Waals surface area contributed by atoms with Crippen LogP contribution in [0.2, 0.25) is 0 Å². The van der Waals surface area contributed by atoms with Crippen molar-refractivity contribution in [2.75, 3.05) is 6.54 Å². The third-order valence-electron chi connectivity index (χ3n) is 2.78. The van der Waals surface area contributed by atoms with Crippen LogP contribution >= 0.6 is 0 Å². The van der Waals surface area contributed by atoms with E-state index >= 15 is 0 Å². The fraction of sp³-hybridized carbons (Fsp3) is 0.846. The van der Waals surface area contributed by atoms with Crippen LogP contribution in [0.4, 0.5) is 0 Å². The van der Waals surface area contributed by atoms with Crippen LogP contribution in [0.5, 0.6) is 0 Å². The molecule has 5 nitrogen and oxygen atoms in total. The van der Waals surface area contributed by atoms with Crippen LogP contribution in [0.1, 0.15) is 41.5 Å². The third kappa shape index (κ3) is 7.27. The number of rotatable bonds is 7. The second-order valence-electron chi connectivity index (χ2n) is 5.37. The first-order valence-corrected chi connectivity index (χ1v) is 6.57. The van der Waals surface area contributed by atoms with E-state index in [9.17, 15) is 9.59 Å². The number of carbonyl (C=O) groups excluding carboxylic acids is 2. The van der Waals surface area contributed by atoms with Gasteiger partial charge >= 0.3 is 0 Å². The molecule has 0 aliphatic carbocycles. The van der Waals surface area contributed by atoms with E-state index < -0.39 is 0 Å². The van der Waals surface area contributed by atoms with Gasteiger partial charge in [0.05, 0.1) is 12.6 Å². The lowest BCUT2D eigenvalue weighted by atomic mass is 10.1. The molecule has 0 fully saturated rings. The van der Waals surface area contributed by atoms with Crippen molar-refractivity contribution in [2.45, 2.75) is 59.7 Å². The van der Waals surface area contributed by atoms with Gasteiger partial charge in [-0.2, -0.15) is 0 Å². The van der Waals surface area contributed by atoms with Gasteiger partial charge in [-0.3, -0.25) is 14.9 Å². The molecule has 0 saturated heterocycles. The Labute approximate surface area is 110 Å². The molecule has 2 atom stereocenters. The minimum absolute atomic E-state index is 0.0830. The molecule has 0 aliphatic heterocycles. The van der Waals surface area contributed by atoms with Gasteiger partial charge < -0.3 is 10.6 Å². The Hall–Kier alpha value is -1.10. The summed E-state index contributed by atoms with van der Waals surface area (Å²) in [6.45, 7) is 11.8. The molecule has 0 aromatic rings. The molecular formula is C13H27N3O2. The first-order valence-electron chi connectivity index (χ1n) is 6.57. The molecule has 3 N–H and O–H groups in total. The van der Waals surface area contributed by atoms with Gasteiger partial charge in [-0.15, -0.1) is 0 Å². The van der Waals surface area contributed by atoms with Crippen molar-refractivity contribution < 1.29 is 9.59 Å². The second kappa shape index (κ2) is 8.08. The zero-order chi connectivity index (χ0) is 14.3. The van der Waals surface area contributed by atoms with Gasteiger partial charge in [-0.25, -0.2) is 0 Å². The smallest absolute Gasteiger partial charge is 0.237 e. The Bertz CT molecular complexity index is 277. The molecule has 18 heavy (non-hydrogen) atoms. The Morgan fingerprint density at radius 1 is 0.944 bits per heavy atom. The van der Waals surface area contributed by atoms with Gasteiger partial charge in [0, 0.05) is 12.1 Å². The van der Waals surface area contributed by atoms with Crippen LogP contribution in [0.25, 0.3) is 0 Å². The quantitative estimate of drug-likeness (QED) is 0.627. The molecule has 0 heterocycles. The Morgan fingerprint density at radius 3 is 1.94 bits per heavy atom. The molecule has 0 saturated carbocycles. The monoisotopic (exact) mass is 257 g/mol. The average molecular weight is 257 g/mol. The standard InChI is InChI=1S/C13H27N3O2/c1-8(2)10(5)16-12(17)7-14-11(6)13(18)15-9(3)4/h8-11,14H,7H2,1-6H3,(H,15,18)(H,16,17). The number of hydrogen-bond donors (Lipinski definition) is 3. The number of carbonyl (C=O) groups is 2. The predicted molar refractivity (Wildman–Crippen MR) is 73.2 cm³/mol. The molecule has 106 valence electrons. The van der Waals surface area contributed by atoms with Crippen molar-refractivity contribution in [2.24, 2.45) is 5.92 Å². The maximum absolute atomic E-state index is 11.6. The van der Waals surface area contributed by atoms with Gasteiger partial charge in [-0.1, -0.05) is 13.8 Å². The fourth-order valence-electron chi connectivity index (χ4n) is 1.22. The topological polar surface area (TPSA) is 70.2 Å². The highest BCUT2D eigenvalue weighted by Crippen LogP contribution is 1.98. The predicted octanol–water partition coefficient (Wildman–Crippen LogP) is 0.650. The molecule has 0 aromatic carbocycles. The summed E-state index contributed by atoms with van der Waals surface area (Å²) < 4.78 is 0. The van der Waals surface area contributed by atoms with E-state index in [1.807, 2.05) is 20.8 Å².